The standard InChI is InChI=1S/C19H28N2O4/c1-4-24-11-5-10-20-18(22)8-9-19(23)21-13-15(3)25-17-7-6-14(2)12-16(17)21/h6-7,12,15H,4-5,8-11,13H2,1-3H3,(H,20,22). The van der Waals surface area contributed by atoms with Crippen LogP contribution in [-0.4, -0.2) is 44.2 Å². The molecule has 1 atom stereocenters. The Bertz CT molecular complexity index is 603. The molecular formula is C19H28N2O4. The van der Waals surface area contributed by atoms with E-state index in [9.17, 15) is 9.59 Å². The third-order valence-electron chi connectivity index (χ3n) is 4.03. The summed E-state index contributed by atoms with van der Waals surface area (Å²) in [5.41, 5.74) is 1.86. The van der Waals surface area contributed by atoms with Crippen LogP contribution >= 0.6 is 0 Å². The van der Waals surface area contributed by atoms with Crippen molar-refractivity contribution in [3.8, 4) is 5.75 Å². The third kappa shape index (κ3) is 5.74. The van der Waals surface area contributed by atoms with Gasteiger partial charge in [0.15, 0.2) is 0 Å². The number of ether oxygens (including phenoxy) is 2. The predicted molar refractivity (Wildman–Crippen MR) is 97.0 cm³/mol. The summed E-state index contributed by atoms with van der Waals surface area (Å²) in [5, 5.41) is 2.82. The lowest BCUT2D eigenvalue weighted by Gasteiger charge is -2.33. The van der Waals surface area contributed by atoms with Gasteiger partial charge >= 0.3 is 0 Å². The van der Waals surface area contributed by atoms with Crippen LogP contribution in [0.2, 0.25) is 0 Å². The Labute approximate surface area is 149 Å². The number of rotatable bonds is 8. The normalized spacial score (nSPS) is 16.1. The number of hydrogen-bond donors (Lipinski definition) is 1. The first-order valence-electron chi connectivity index (χ1n) is 8.93. The van der Waals surface area contributed by atoms with Crippen LogP contribution in [0.1, 0.15) is 38.7 Å². The summed E-state index contributed by atoms with van der Waals surface area (Å²) in [7, 11) is 0. The molecule has 1 aromatic rings. The number of nitrogens with one attached hydrogen (secondary N) is 1. The first kappa shape index (κ1) is 19.2. The van der Waals surface area contributed by atoms with E-state index in [4.69, 9.17) is 9.47 Å². The molecule has 0 fully saturated rings. The summed E-state index contributed by atoms with van der Waals surface area (Å²) < 4.78 is 11.0. The maximum absolute atomic E-state index is 12.6. The molecule has 1 aliphatic rings. The molecule has 2 amide bonds. The summed E-state index contributed by atoms with van der Waals surface area (Å²) in [5.74, 6) is 0.570. The van der Waals surface area contributed by atoms with E-state index < -0.39 is 0 Å². The number of fused-ring (bicyclic) bond motifs is 1. The monoisotopic (exact) mass is 348 g/mol. The molecule has 25 heavy (non-hydrogen) atoms. The Morgan fingerprint density at radius 2 is 2.16 bits per heavy atom. The van der Waals surface area contributed by atoms with E-state index in [1.807, 2.05) is 39.0 Å². The Hall–Kier alpha value is -2.08. The molecule has 1 N–H and O–H groups in total. The zero-order valence-electron chi connectivity index (χ0n) is 15.3. The van der Waals surface area contributed by atoms with Gasteiger partial charge in [-0.3, -0.25) is 9.59 Å². The van der Waals surface area contributed by atoms with Gasteiger partial charge in [-0.1, -0.05) is 6.07 Å². The van der Waals surface area contributed by atoms with Crippen molar-refractivity contribution in [1.82, 2.24) is 5.32 Å². The number of nitrogens with zero attached hydrogens (tertiary/aromatic N) is 1. The second-order valence-electron chi connectivity index (χ2n) is 6.30. The molecule has 6 nitrogen and oxygen atoms in total. The van der Waals surface area contributed by atoms with Crippen LogP contribution in [0, 0.1) is 6.92 Å². The van der Waals surface area contributed by atoms with Gasteiger partial charge in [-0.25, -0.2) is 0 Å². The van der Waals surface area contributed by atoms with Crippen LogP contribution in [0.4, 0.5) is 5.69 Å². The quantitative estimate of drug-likeness (QED) is 0.733. The average Bonchev–Trinajstić information content (AvgIpc) is 2.59. The molecule has 0 spiro atoms. The Morgan fingerprint density at radius 3 is 2.92 bits per heavy atom. The molecule has 1 unspecified atom stereocenters. The smallest absolute Gasteiger partial charge is 0.227 e. The van der Waals surface area contributed by atoms with Gasteiger partial charge in [0.2, 0.25) is 11.8 Å². The largest absolute Gasteiger partial charge is 0.487 e. The van der Waals surface area contributed by atoms with Crippen molar-refractivity contribution in [1.29, 1.82) is 0 Å². The summed E-state index contributed by atoms with van der Waals surface area (Å²) in [6.07, 6.45) is 1.10. The number of hydrogen-bond acceptors (Lipinski definition) is 4. The molecule has 1 aromatic carbocycles. The third-order valence-corrected chi connectivity index (χ3v) is 4.03. The molecule has 6 heteroatoms. The van der Waals surface area contributed by atoms with E-state index in [1.165, 1.54) is 0 Å². The second-order valence-corrected chi connectivity index (χ2v) is 6.30. The molecule has 1 heterocycles. The van der Waals surface area contributed by atoms with Gasteiger partial charge in [0, 0.05) is 32.6 Å². The van der Waals surface area contributed by atoms with Gasteiger partial charge in [-0.15, -0.1) is 0 Å². The zero-order valence-corrected chi connectivity index (χ0v) is 15.3. The van der Waals surface area contributed by atoms with Gasteiger partial charge in [-0.05, 0) is 44.9 Å². The molecule has 0 saturated heterocycles. The molecule has 138 valence electrons. The highest BCUT2D eigenvalue weighted by atomic mass is 16.5. The lowest BCUT2D eigenvalue weighted by atomic mass is 10.1. The van der Waals surface area contributed by atoms with Gasteiger partial charge in [0.05, 0.1) is 12.2 Å². The molecule has 0 saturated carbocycles. The first-order chi connectivity index (χ1) is 12.0. The Balaban J connectivity index is 1.85. The zero-order chi connectivity index (χ0) is 18.2. The summed E-state index contributed by atoms with van der Waals surface area (Å²) in [4.78, 5) is 26.2. The number of aryl methyl sites for hydroxylation is 1. The van der Waals surface area contributed by atoms with Crippen LogP contribution in [0.3, 0.4) is 0 Å². The van der Waals surface area contributed by atoms with Crippen molar-refractivity contribution in [3.63, 3.8) is 0 Å². The maximum atomic E-state index is 12.6. The molecule has 0 bridgehead atoms. The van der Waals surface area contributed by atoms with E-state index in [1.54, 1.807) is 4.90 Å². The predicted octanol–water partition coefficient (Wildman–Crippen LogP) is 2.43. The lowest BCUT2D eigenvalue weighted by Crippen LogP contribution is -2.42. The van der Waals surface area contributed by atoms with E-state index in [2.05, 4.69) is 5.32 Å². The molecule has 0 aromatic heterocycles. The van der Waals surface area contributed by atoms with E-state index in [-0.39, 0.29) is 30.8 Å². The fourth-order valence-electron chi connectivity index (χ4n) is 2.77. The van der Waals surface area contributed by atoms with Crippen LogP contribution in [-0.2, 0) is 14.3 Å². The number of carbonyl (C=O) groups is 2. The molecular weight excluding hydrogens is 320 g/mol. The molecule has 0 radical (unpaired) electrons. The summed E-state index contributed by atoms with van der Waals surface area (Å²) >= 11 is 0. The molecule has 1 aliphatic heterocycles. The average molecular weight is 348 g/mol. The minimum Gasteiger partial charge on any atom is -0.487 e. The van der Waals surface area contributed by atoms with E-state index >= 15 is 0 Å². The minimum atomic E-state index is -0.101. The highest BCUT2D eigenvalue weighted by Crippen LogP contribution is 2.34. The maximum Gasteiger partial charge on any atom is 0.227 e. The van der Waals surface area contributed by atoms with E-state index in [0.717, 1.165) is 23.4 Å². The van der Waals surface area contributed by atoms with Crippen LogP contribution < -0.4 is 15.0 Å². The molecule has 2 rings (SSSR count). The Kier molecular flexibility index (Phi) is 7.25. The first-order valence-corrected chi connectivity index (χ1v) is 8.93. The number of amides is 2. The highest BCUT2D eigenvalue weighted by Gasteiger charge is 2.27. The van der Waals surface area contributed by atoms with Crippen LogP contribution in [0.25, 0.3) is 0 Å². The van der Waals surface area contributed by atoms with Gasteiger partial charge in [0.1, 0.15) is 11.9 Å². The number of anilines is 1. The van der Waals surface area contributed by atoms with Gasteiger partial charge in [-0.2, -0.15) is 0 Å². The summed E-state index contributed by atoms with van der Waals surface area (Å²) in [6.45, 7) is 8.26. The highest BCUT2D eigenvalue weighted by molar-refractivity contribution is 5.97. The van der Waals surface area contributed by atoms with Crippen molar-refractivity contribution < 1.29 is 19.1 Å². The topological polar surface area (TPSA) is 67.9 Å². The van der Waals surface area contributed by atoms with Crippen molar-refractivity contribution >= 4 is 17.5 Å². The van der Waals surface area contributed by atoms with Crippen molar-refractivity contribution in [2.75, 3.05) is 31.2 Å². The fourth-order valence-corrected chi connectivity index (χ4v) is 2.77. The van der Waals surface area contributed by atoms with Gasteiger partial charge < -0.3 is 19.7 Å². The van der Waals surface area contributed by atoms with Crippen molar-refractivity contribution in [2.45, 2.75) is 46.1 Å². The lowest BCUT2D eigenvalue weighted by molar-refractivity contribution is -0.125. The van der Waals surface area contributed by atoms with Crippen LogP contribution in [0.15, 0.2) is 18.2 Å². The van der Waals surface area contributed by atoms with Crippen molar-refractivity contribution in [3.05, 3.63) is 23.8 Å². The summed E-state index contributed by atoms with van der Waals surface area (Å²) in [6, 6.07) is 5.81. The number of benzene rings is 1. The minimum absolute atomic E-state index is 0.0496. The van der Waals surface area contributed by atoms with Crippen molar-refractivity contribution in [2.24, 2.45) is 0 Å². The fraction of sp³-hybridized carbons (Fsp3) is 0.579. The Morgan fingerprint density at radius 1 is 1.36 bits per heavy atom. The molecule has 0 aliphatic carbocycles. The SMILES string of the molecule is CCOCCCNC(=O)CCC(=O)N1CC(C)Oc2ccc(C)cc21. The van der Waals surface area contributed by atoms with Crippen LogP contribution in [0.5, 0.6) is 5.75 Å². The van der Waals surface area contributed by atoms with Gasteiger partial charge in [0.25, 0.3) is 0 Å². The number of carbonyl (C=O) groups excluding carboxylic acids is 2. The van der Waals surface area contributed by atoms with E-state index in [0.29, 0.717) is 26.3 Å². The second kappa shape index (κ2) is 9.42.